The highest BCUT2D eigenvalue weighted by atomic mass is 19.1. The second-order valence-electron chi connectivity index (χ2n) is 4.07. The molecule has 2 aromatic carbocycles. The van der Waals surface area contributed by atoms with Crippen LogP contribution in [0, 0.1) is 17.5 Å². The molecule has 0 spiro atoms. The van der Waals surface area contributed by atoms with Gasteiger partial charge >= 0.3 is 5.97 Å². The average molecular weight is 281 g/mol. The second kappa shape index (κ2) is 5.64. The van der Waals surface area contributed by atoms with Crippen molar-refractivity contribution in [1.29, 1.82) is 0 Å². The molecule has 0 heterocycles. The van der Waals surface area contributed by atoms with Gasteiger partial charge in [-0.1, -0.05) is 12.1 Å². The first-order valence-electron chi connectivity index (χ1n) is 5.68. The van der Waals surface area contributed by atoms with Gasteiger partial charge in [-0.3, -0.25) is 0 Å². The van der Waals surface area contributed by atoms with Gasteiger partial charge in [0.2, 0.25) is 0 Å². The van der Waals surface area contributed by atoms with Crippen LogP contribution in [0.4, 0.5) is 18.9 Å². The molecule has 0 aromatic heterocycles. The number of carboxylic acid groups (broad SMARTS) is 1. The first-order chi connectivity index (χ1) is 9.49. The van der Waals surface area contributed by atoms with E-state index in [0.717, 1.165) is 24.3 Å². The van der Waals surface area contributed by atoms with Gasteiger partial charge in [-0.25, -0.2) is 18.0 Å². The van der Waals surface area contributed by atoms with Crippen LogP contribution in [0.1, 0.15) is 15.9 Å². The summed E-state index contributed by atoms with van der Waals surface area (Å²) in [6.07, 6.45) is 0. The molecule has 0 bridgehead atoms. The lowest BCUT2D eigenvalue weighted by Crippen LogP contribution is -2.06. The molecule has 2 N–H and O–H groups in total. The number of benzene rings is 2. The number of hydrogen-bond donors (Lipinski definition) is 2. The van der Waals surface area contributed by atoms with Crippen LogP contribution in [0.3, 0.4) is 0 Å². The average Bonchev–Trinajstić information content (AvgIpc) is 2.37. The number of rotatable bonds is 4. The zero-order chi connectivity index (χ0) is 14.7. The number of carboxylic acids is 1. The molecule has 20 heavy (non-hydrogen) atoms. The molecule has 0 radical (unpaired) electrons. The minimum absolute atomic E-state index is 0.0331. The smallest absolute Gasteiger partial charge is 0.338 e. The molecule has 0 aliphatic carbocycles. The van der Waals surface area contributed by atoms with Crippen molar-refractivity contribution in [3.63, 3.8) is 0 Å². The van der Waals surface area contributed by atoms with Crippen molar-refractivity contribution in [2.24, 2.45) is 0 Å². The Kier molecular flexibility index (Phi) is 3.93. The first kappa shape index (κ1) is 13.9. The van der Waals surface area contributed by atoms with Crippen molar-refractivity contribution in [2.45, 2.75) is 6.54 Å². The molecule has 0 fully saturated rings. The van der Waals surface area contributed by atoms with Crippen LogP contribution in [-0.4, -0.2) is 11.1 Å². The number of halogens is 3. The van der Waals surface area contributed by atoms with Gasteiger partial charge in [-0.05, 0) is 29.8 Å². The van der Waals surface area contributed by atoms with Gasteiger partial charge in [0.25, 0.3) is 0 Å². The van der Waals surface area contributed by atoms with Crippen LogP contribution in [-0.2, 0) is 6.54 Å². The molecular formula is C14H10F3NO2. The quantitative estimate of drug-likeness (QED) is 0.902. The fourth-order valence-corrected chi connectivity index (χ4v) is 1.70. The molecule has 0 unspecified atom stereocenters. The number of aromatic carboxylic acids is 1. The van der Waals surface area contributed by atoms with E-state index in [1.165, 1.54) is 12.1 Å². The lowest BCUT2D eigenvalue weighted by atomic mass is 10.1. The van der Waals surface area contributed by atoms with Crippen molar-refractivity contribution in [3.8, 4) is 0 Å². The van der Waals surface area contributed by atoms with E-state index in [0.29, 0.717) is 5.56 Å². The fraction of sp³-hybridized carbons (Fsp3) is 0.0714. The summed E-state index contributed by atoms with van der Waals surface area (Å²) in [5, 5.41) is 11.2. The number of anilines is 1. The second-order valence-corrected chi connectivity index (χ2v) is 4.07. The SMILES string of the molecule is O=C(O)c1ccc(CNc2c(F)cccc2F)cc1F. The Morgan fingerprint density at radius 2 is 1.70 bits per heavy atom. The number of para-hydroxylation sites is 1. The molecule has 0 atom stereocenters. The van der Waals surface area contributed by atoms with E-state index in [9.17, 15) is 18.0 Å². The molecule has 0 aliphatic heterocycles. The lowest BCUT2D eigenvalue weighted by molar-refractivity contribution is 0.0692. The number of hydrogen-bond acceptors (Lipinski definition) is 2. The first-order valence-corrected chi connectivity index (χ1v) is 5.68. The Bertz CT molecular complexity index is 639. The molecule has 104 valence electrons. The fourth-order valence-electron chi connectivity index (χ4n) is 1.70. The summed E-state index contributed by atoms with van der Waals surface area (Å²) in [6, 6.07) is 6.91. The highest BCUT2D eigenvalue weighted by Crippen LogP contribution is 2.19. The predicted octanol–water partition coefficient (Wildman–Crippen LogP) is 3.41. The van der Waals surface area contributed by atoms with Gasteiger partial charge in [0.15, 0.2) is 0 Å². The van der Waals surface area contributed by atoms with E-state index in [1.54, 1.807) is 0 Å². The third-order valence-electron chi connectivity index (χ3n) is 2.70. The van der Waals surface area contributed by atoms with Crippen molar-refractivity contribution in [1.82, 2.24) is 0 Å². The molecule has 0 saturated heterocycles. The van der Waals surface area contributed by atoms with Crippen molar-refractivity contribution in [3.05, 3.63) is 65.0 Å². The molecule has 6 heteroatoms. The Balaban J connectivity index is 2.16. The zero-order valence-corrected chi connectivity index (χ0v) is 10.2. The highest BCUT2D eigenvalue weighted by molar-refractivity contribution is 5.87. The monoisotopic (exact) mass is 281 g/mol. The maximum atomic E-state index is 13.4. The normalized spacial score (nSPS) is 10.3. The lowest BCUT2D eigenvalue weighted by Gasteiger charge is -2.09. The Labute approximate surface area is 112 Å². The summed E-state index contributed by atoms with van der Waals surface area (Å²) in [4.78, 5) is 10.6. The predicted molar refractivity (Wildman–Crippen MR) is 67.0 cm³/mol. The van der Waals surface area contributed by atoms with E-state index in [2.05, 4.69) is 5.32 Å². The largest absolute Gasteiger partial charge is 0.478 e. The Hall–Kier alpha value is -2.50. The van der Waals surface area contributed by atoms with Gasteiger partial charge in [0.1, 0.15) is 23.1 Å². The third-order valence-corrected chi connectivity index (χ3v) is 2.70. The Morgan fingerprint density at radius 1 is 1.05 bits per heavy atom. The zero-order valence-electron chi connectivity index (χ0n) is 10.2. The maximum Gasteiger partial charge on any atom is 0.338 e. The summed E-state index contributed by atoms with van der Waals surface area (Å²) in [6.45, 7) is -0.0331. The van der Waals surface area contributed by atoms with Crippen LogP contribution in [0.5, 0.6) is 0 Å². The van der Waals surface area contributed by atoms with Gasteiger partial charge in [0, 0.05) is 6.54 Å². The van der Waals surface area contributed by atoms with Gasteiger partial charge in [-0.2, -0.15) is 0 Å². The van der Waals surface area contributed by atoms with Crippen molar-refractivity contribution in [2.75, 3.05) is 5.32 Å². The maximum absolute atomic E-state index is 13.4. The van der Waals surface area contributed by atoms with Gasteiger partial charge in [-0.15, -0.1) is 0 Å². The van der Waals surface area contributed by atoms with Crippen molar-refractivity contribution < 1.29 is 23.1 Å². The minimum Gasteiger partial charge on any atom is -0.478 e. The van der Waals surface area contributed by atoms with Crippen molar-refractivity contribution >= 4 is 11.7 Å². The van der Waals surface area contributed by atoms with E-state index >= 15 is 0 Å². The molecule has 3 nitrogen and oxygen atoms in total. The molecule has 0 saturated carbocycles. The standard InChI is InChI=1S/C14H10F3NO2/c15-10-2-1-3-11(16)13(10)18-7-8-4-5-9(14(19)20)12(17)6-8/h1-6,18H,7H2,(H,19,20). The summed E-state index contributed by atoms with van der Waals surface area (Å²) < 4.78 is 40.1. The highest BCUT2D eigenvalue weighted by Gasteiger charge is 2.11. The van der Waals surface area contributed by atoms with E-state index in [-0.39, 0.29) is 12.2 Å². The number of nitrogens with one attached hydrogen (secondary N) is 1. The minimum atomic E-state index is -1.37. The summed E-state index contributed by atoms with van der Waals surface area (Å²) in [5.74, 6) is -3.78. The topological polar surface area (TPSA) is 49.3 Å². The van der Waals surface area contributed by atoms with Crippen LogP contribution < -0.4 is 5.32 Å². The van der Waals surface area contributed by atoms with Crippen LogP contribution >= 0.6 is 0 Å². The van der Waals surface area contributed by atoms with E-state index in [4.69, 9.17) is 5.11 Å². The molecule has 2 rings (SSSR count). The molecular weight excluding hydrogens is 271 g/mol. The Morgan fingerprint density at radius 3 is 2.25 bits per heavy atom. The summed E-state index contributed by atoms with van der Waals surface area (Å²) in [7, 11) is 0. The summed E-state index contributed by atoms with van der Waals surface area (Å²) >= 11 is 0. The van der Waals surface area contributed by atoms with E-state index < -0.39 is 29.0 Å². The van der Waals surface area contributed by atoms with Crippen LogP contribution in [0.15, 0.2) is 36.4 Å². The van der Waals surface area contributed by atoms with E-state index in [1.807, 2.05) is 0 Å². The van der Waals surface area contributed by atoms with Gasteiger partial charge < -0.3 is 10.4 Å². The van der Waals surface area contributed by atoms with Crippen LogP contribution in [0.2, 0.25) is 0 Å². The molecule has 2 aromatic rings. The number of carbonyl (C=O) groups is 1. The van der Waals surface area contributed by atoms with Crippen LogP contribution in [0.25, 0.3) is 0 Å². The molecule has 0 amide bonds. The third kappa shape index (κ3) is 2.90. The summed E-state index contributed by atoms with van der Waals surface area (Å²) in [5.41, 5.74) is -0.392. The molecule has 0 aliphatic rings. The van der Waals surface area contributed by atoms with Gasteiger partial charge in [0.05, 0.1) is 5.56 Å².